The van der Waals surface area contributed by atoms with Crippen LogP contribution in [0.4, 0.5) is 30.2 Å². The summed E-state index contributed by atoms with van der Waals surface area (Å²) in [6.45, 7) is 3.61. The molecule has 1 N–H and O–H groups in total. The molecular formula is C11H5Br2F3N4O4S. The normalized spacial score (nSPS) is 18.3. The number of rotatable bonds is 3. The number of hydrogen-bond donors (Lipinski definition) is 1. The molecule has 2 rings (SSSR count). The minimum absolute atomic E-state index is 0.0417. The van der Waals surface area contributed by atoms with Gasteiger partial charge in [0.2, 0.25) is 0 Å². The molecule has 14 heteroatoms. The van der Waals surface area contributed by atoms with Crippen molar-refractivity contribution in [3.05, 3.63) is 50.2 Å². The molecule has 1 aromatic rings. The maximum atomic E-state index is 13.3. The van der Waals surface area contributed by atoms with Gasteiger partial charge in [0, 0.05) is 23.7 Å². The van der Waals surface area contributed by atoms with Crippen LogP contribution in [0.3, 0.4) is 0 Å². The van der Waals surface area contributed by atoms with Gasteiger partial charge >= 0.3 is 11.9 Å². The molecule has 0 aromatic heterocycles. The van der Waals surface area contributed by atoms with Crippen LogP contribution in [-0.4, -0.2) is 18.1 Å². The minimum atomic E-state index is -5.09. The zero-order chi connectivity index (χ0) is 19.2. The maximum Gasteiger partial charge on any atom is 0.418 e. The van der Waals surface area contributed by atoms with Crippen molar-refractivity contribution < 1.29 is 23.0 Å². The molecule has 0 bridgehead atoms. The highest BCUT2D eigenvalue weighted by molar-refractivity contribution is 9.26. The van der Waals surface area contributed by atoms with Gasteiger partial charge in [-0.2, -0.15) is 13.2 Å². The summed E-state index contributed by atoms with van der Waals surface area (Å²) in [5, 5.41) is 21.9. The van der Waals surface area contributed by atoms with E-state index in [2.05, 4.69) is 48.2 Å². The van der Waals surface area contributed by atoms with E-state index in [1.165, 1.54) is 0 Å². The molecule has 25 heavy (non-hydrogen) atoms. The van der Waals surface area contributed by atoms with Gasteiger partial charge in [-0.3, -0.25) is 20.2 Å². The molecular weight excluding hydrogens is 501 g/mol. The molecule has 1 saturated heterocycles. The molecule has 0 spiro atoms. The molecule has 1 fully saturated rings. The third-order valence-electron chi connectivity index (χ3n) is 2.92. The molecule has 1 aromatic carbocycles. The lowest BCUT2D eigenvalue weighted by atomic mass is 10.1. The summed E-state index contributed by atoms with van der Waals surface area (Å²) < 4.78 is 41.3. The van der Waals surface area contributed by atoms with E-state index in [1.54, 1.807) is 0 Å². The summed E-state index contributed by atoms with van der Waals surface area (Å²) in [6.07, 6.45) is -5.09. The van der Waals surface area contributed by atoms with E-state index >= 15 is 0 Å². The maximum absolute atomic E-state index is 13.3. The fourth-order valence-electron chi connectivity index (χ4n) is 1.74. The molecule has 0 saturated carbocycles. The Labute approximate surface area is 158 Å². The summed E-state index contributed by atoms with van der Waals surface area (Å²) in [4.78, 5) is 23.4. The number of nitrogens with one attached hydrogen (secondary N) is 1. The highest BCUT2D eigenvalue weighted by Crippen LogP contribution is 2.48. The Kier molecular flexibility index (Phi) is 5.16. The zero-order valence-corrected chi connectivity index (χ0v) is 15.6. The number of alkyl halides is 5. The fraction of sp³-hybridized carbons (Fsp3) is 0.182. The highest BCUT2D eigenvalue weighted by atomic mass is 79.9. The third-order valence-corrected chi connectivity index (χ3v) is 6.09. The fourth-order valence-corrected chi connectivity index (χ4v) is 3.63. The second-order valence-corrected chi connectivity index (χ2v) is 8.79. The summed E-state index contributed by atoms with van der Waals surface area (Å²) in [5.74, 6) is 0. The summed E-state index contributed by atoms with van der Waals surface area (Å²) in [7, 11) is 0. The van der Waals surface area contributed by atoms with Crippen molar-refractivity contribution in [2.24, 2.45) is 4.99 Å². The lowest BCUT2D eigenvalue weighted by molar-refractivity contribution is -0.394. The van der Waals surface area contributed by atoms with E-state index in [0.717, 1.165) is 11.9 Å². The number of allylic oxidation sites excluding steroid dienone is 1. The van der Waals surface area contributed by atoms with Crippen molar-refractivity contribution in [1.82, 2.24) is 4.72 Å². The van der Waals surface area contributed by atoms with Crippen molar-refractivity contribution in [1.29, 1.82) is 0 Å². The van der Waals surface area contributed by atoms with Gasteiger partial charge in [0.15, 0.2) is 8.92 Å². The number of aliphatic imine (C=N–C) groups is 1. The smallest absolute Gasteiger partial charge is 0.326 e. The standard InChI is InChI=1S/C11H5Br2F3N4O4S/c1-4-10(12,13)9(25-18-4)17-8-6(11(14,15)16)2-5(19(21)22)3-7(8)20(23)24/h2-3,18H,1H2. The Hall–Kier alpha value is -1.67. The van der Waals surface area contributed by atoms with Gasteiger partial charge in [-0.05, 0) is 0 Å². The van der Waals surface area contributed by atoms with Crippen molar-refractivity contribution >= 4 is 65.9 Å². The topological polar surface area (TPSA) is 111 Å². The van der Waals surface area contributed by atoms with Gasteiger partial charge in [-0.15, -0.1) is 0 Å². The number of non-ortho nitro benzene ring substituents is 1. The molecule has 0 atom stereocenters. The molecule has 1 aliphatic rings. The van der Waals surface area contributed by atoms with E-state index < -0.39 is 41.9 Å². The zero-order valence-electron chi connectivity index (χ0n) is 11.6. The van der Waals surface area contributed by atoms with Crippen molar-refractivity contribution in [3.8, 4) is 0 Å². The largest absolute Gasteiger partial charge is 0.418 e. The van der Waals surface area contributed by atoms with Crippen LogP contribution in [0.1, 0.15) is 5.56 Å². The SMILES string of the molecule is C=C1NSC(=Nc2c([N+](=O)[O-])cc([N+](=O)[O-])cc2C(F)(F)F)C1(Br)Br. The molecule has 0 amide bonds. The molecule has 1 heterocycles. The van der Waals surface area contributed by atoms with Crippen LogP contribution >= 0.6 is 43.8 Å². The van der Waals surface area contributed by atoms with Crippen LogP contribution < -0.4 is 4.72 Å². The summed E-state index contributed by atoms with van der Waals surface area (Å²) in [6, 6.07) is 0.638. The van der Waals surface area contributed by atoms with E-state index in [1.807, 2.05) is 0 Å². The van der Waals surface area contributed by atoms with Crippen LogP contribution in [0.5, 0.6) is 0 Å². The van der Waals surface area contributed by atoms with E-state index in [9.17, 15) is 33.4 Å². The monoisotopic (exact) mass is 504 g/mol. The Balaban J connectivity index is 2.82. The van der Waals surface area contributed by atoms with Crippen LogP contribution in [0.25, 0.3) is 0 Å². The first-order valence-electron chi connectivity index (χ1n) is 5.99. The lowest BCUT2D eigenvalue weighted by Gasteiger charge is -2.14. The first kappa shape index (κ1) is 19.7. The predicted octanol–water partition coefficient (Wildman–Crippen LogP) is 4.80. The van der Waals surface area contributed by atoms with Gasteiger partial charge in [0.1, 0.15) is 5.04 Å². The molecule has 8 nitrogen and oxygen atoms in total. The first-order chi connectivity index (χ1) is 11.4. The van der Waals surface area contributed by atoms with Gasteiger partial charge in [-0.1, -0.05) is 38.4 Å². The van der Waals surface area contributed by atoms with Gasteiger partial charge in [-0.25, -0.2) is 4.99 Å². The Morgan fingerprint density at radius 2 is 1.84 bits per heavy atom. The lowest BCUT2D eigenvalue weighted by Crippen LogP contribution is -2.19. The second-order valence-electron chi connectivity index (χ2n) is 4.55. The van der Waals surface area contributed by atoms with Gasteiger partial charge in [0.25, 0.3) is 5.69 Å². The Bertz CT molecular complexity index is 828. The number of nitro groups is 2. The average Bonchev–Trinajstić information content (AvgIpc) is 2.72. The second kappa shape index (κ2) is 6.57. The summed E-state index contributed by atoms with van der Waals surface area (Å²) in [5.41, 5.74) is -4.52. The molecule has 1 aliphatic heterocycles. The minimum Gasteiger partial charge on any atom is -0.326 e. The van der Waals surface area contributed by atoms with Crippen LogP contribution in [0.2, 0.25) is 0 Å². The van der Waals surface area contributed by atoms with E-state index in [-0.39, 0.29) is 11.1 Å². The van der Waals surface area contributed by atoms with Crippen LogP contribution in [0.15, 0.2) is 29.4 Å². The number of benzene rings is 1. The van der Waals surface area contributed by atoms with Crippen molar-refractivity contribution in [2.45, 2.75) is 9.41 Å². The Morgan fingerprint density at radius 3 is 2.24 bits per heavy atom. The van der Waals surface area contributed by atoms with Gasteiger partial charge in [0.05, 0.1) is 21.5 Å². The molecule has 0 unspecified atom stereocenters. The number of hydrogen-bond acceptors (Lipinski definition) is 7. The number of nitro benzene ring substituents is 2. The predicted molar refractivity (Wildman–Crippen MR) is 92.3 cm³/mol. The number of halogens is 5. The third kappa shape index (κ3) is 3.79. The van der Waals surface area contributed by atoms with Crippen LogP contribution in [-0.2, 0) is 6.18 Å². The van der Waals surface area contributed by atoms with Crippen LogP contribution in [0, 0.1) is 20.2 Å². The van der Waals surface area contributed by atoms with Crippen molar-refractivity contribution in [2.75, 3.05) is 0 Å². The van der Waals surface area contributed by atoms with E-state index in [0.29, 0.717) is 11.8 Å². The van der Waals surface area contributed by atoms with Crippen molar-refractivity contribution in [3.63, 3.8) is 0 Å². The van der Waals surface area contributed by atoms with Gasteiger partial charge < -0.3 is 4.72 Å². The molecule has 0 aliphatic carbocycles. The quantitative estimate of drug-likeness (QED) is 0.273. The molecule has 134 valence electrons. The van der Waals surface area contributed by atoms with E-state index in [4.69, 9.17) is 0 Å². The Morgan fingerprint density at radius 1 is 1.24 bits per heavy atom. The number of nitrogens with zero attached hydrogens (tertiary/aromatic N) is 3. The average molecular weight is 506 g/mol. The molecule has 0 radical (unpaired) electrons. The first-order valence-corrected chi connectivity index (χ1v) is 8.39. The summed E-state index contributed by atoms with van der Waals surface area (Å²) >= 11 is 7.08. The highest BCUT2D eigenvalue weighted by Gasteiger charge is 2.43.